The lowest BCUT2D eigenvalue weighted by molar-refractivity contribution is -0.130. The van der Waals surface area contributed by atoms with Crippen LogP contribution < -0.4 is 5.32 Å². The zero-order chi connectivity index (χ0) is 14.9. The second kappa shape index (κ2) is 5.44. The molecule has 1 aliphatic rings. The van der Waals surface area contributed by atoms with Crippen LogP contribution >= 0.6 is 0 Å². The molecule has 2 rings (SSSR count). The predicted molar refractivity (Wildman–Crippen MR) is 83.0 cm³/mol. The standard InChI is InChI=1S/C16H25N3O/c1-16(2)11-19(10-15(20)18(4)5)9-12-8-13(17-3)6-7-14(12)16/h6-8,17H,9-11H2,1-5H3. The first kappa shape index (κ1) is 14.9. The molecule has 110 valence electrons. The van der Waals surface area contributed by atoms with Gasteiger partial charge in [-0.1, -0.05) is 19.9 Å². The molecular weight excluding hydrogens is 250 g/mol. The maximum Gasteiger partial charge on any atom is 0.236 e. The SMILES string of the molecule is CNc1ccc2c(c1)CN(CC(=O)N(C)C)CC2(C)C. The normalized spacial score (nSPS) is 17.4. The van der Waals surface area contributed by atoms with Crippen LogP contribution in [-0.2, 0) is 16.8 Å². The molecule has 4 heteroatoms. The van der Waals surface area contributed by atoms with Crippen molar-refractivity contribution in [2.24, 2.45) is 0 Å². The number of hydrogen-bond acceptors (Lipinski definition) is 3. The van der Waals surface area contributed by atoms with E-state index in [-0.39, 0.29) is 11.3 Å². The van der Waals surface area contributed by atoms with Crippen LogP contribution in [0.3, 0.4) is 0 Å². The molecule has 0 bridgehead atoms. The minimum Gasteiger partial charge on any atom is -0.388 e. The van der Waals surface area contributed by atoms with Crippen LogP contribution in [0.4, 0.5) is 5.69 Å². The largest absolute Gasteiger partial charge is 0.388 e. The Morgan fingerprint density at radius 2 is 2.10 bits per heavy atom. The maximum atomic E-state index is 11.9. The topological polar surface area (TPSA) is 35.6 Å². The van der Waals surface area contributed by atoms with E-state index in [1.807, 2.05) is 21.1 Å². The van der Waals surface area contributed by atoms with Gasteiger partial charge in [0.25, 0.3) is 0 Å². The van der Waals surface area contributed by atoms with Gasteiger partial charge >= 0.3 is 0 Å². The van der Waals surface area contributed by atoms with Crippen LogP contribution in [0.25, 0.3) is 0 Å². The number of fused-ring (bicyclic) bond motifs is 1. The molecule has 0 saturated heterocycles. The number of benzene rings is 1. The summed E-state index contributed by atoms with van der Waals surface area (Å²) in [5.74, 6) is 0.161. The number of rotatable bonds is 3. The summed E-state index contributed by atoms with van der Waals surface area (Å²) in [5, 5.41) is 3.18. The number of carbonyl (C=O) groups is 1. The minimum absolute atomic E-state index is 0.0758. The number of amides is 1. The van der Waals surface area contributed by atoms with Gasteiger partial charge in [-0.05, 0) is 23.3 Å². The van der Waals surface area contributed by atoms with Crippen molar-refractivity contribution in [1.82, 2.24) is 9.80 Å². The van der Waals surface area contributed by atoms with Crippen molar-refractivity contribution in [2.75, 3.05) is 39.5 Å². The summed E-state index contributed by atoms with van der Waals surface area (Å²) in [7, 11) is 5.55. The van der Waals surface area contributed by atoms with Crippen LogP contribution in [0.15, 0.2) is 18.2 Å². The Morgan fingerprint density at radius 1 is 1.40 bits per heavy atom. The molecule has 1 N–H and O–H groups in total. The van der Waals surface area contributed by atoms with Crippen LogP contribution in [-0.4, -0.2) is 49.9 Å². The van der Waals surface area contributed by atoms with Gasteiger partial charge in [0.05, 0.1) is 6.54 Å². The molecule has 0 aromatic heterocycles. The van der Waals surface area contributed by atoms with E-state index in [0.717, 1.165) is 18.8 Å². The van der Waals surface area contributed by atoms with E-state index in [1.54, 1.807) is 4.90 Å². The summed E-state index contributed by atoms with van der Waals surface area (Å²) in [6.45, 7) is 6.74. The van der Waals surface area contributed by atoms with Gasteiger partial charge in [0, 0.05) is 45.3 Å². The molecule has 0 saturated carbocycles. The Labute approximate surface area is 121 Å². The summed E-state index contributed by atoms with van der Waals surface area (Å²) in [5.41, 5.74) is 3.91. The molecule has 1 aromatic rings. The number of carbonyl (C=O) groups excluding carboxylic acids is 1. The van der Waals surface area contributed by atoms with Gasteiger partial charge in [0.15, 0.2) is 0 Å². The molecule has 20 heavy (non-hydrogen) atoms. The lowest BCUT2D eigenvalue weighted by Gasteiger charge is -2.40. The highest BCUT2D eigenvalue weighted by Gasteiger charge is 2.32. The molecule has 0 unspecified atom stereocenters. The van der Waals surface area contributed by atoms with E-state index in [9.17, 15) is 4.79 Å². The first-order chi connectivity index (χ1) is 9.33. The average molecular weight is 275 g/mol. The van der Waals surface area contributed by atoms with Crippen molar-refractivity contribution < 1.29 is 4.79 Å². The van der Waals surface area contributed by atoms with Gasteiger partial charge in [-0.2, -0.15) is 0 Å². The molecule has 1 heterocycles. The van der Waals surface area contributed by atoms with Crippen LogP contribution in [0.5, 0.6) is 0 Å². The highest BCUT2D eigenvalue weighted by molar-refractivity contribution is 5.77. The molecule has 1 aliphatic heterocycles. The van der Waals surface area contributed by atoms with Crippen LogP contribution in [0.2, 0.25) is 0 Å². The lowest BCUT2D eigenvalue weighted by Crippen LogP contribution is -2.46. The molecule has 4 nitrogen and oxygen atoms in total. The van der Waals surface area contributed by atoms with Crippen LogP contribution in [0.1, 0.15) is 25.0 Å². The zero-order valence-corrected chi connectivity index (χ0v) is 13.2. The van der Waals surface area contributed by atoms with Gasteiger partial charge in [-0.15, -0.1) is 0 Å². The van der Waals surface area contributed by atoms with E-state index >= 15 is 0 Å². The highest BCUT2D eigenvalue weighted by atomic mass is 16.2. The summed E-state index contributed by atoms with van der Waals surface area (Å²) in [6.07, 6.45) is 0. The first-order valence-electron chi connectivity index (χ1n) is 7.07. The fraction of sp³-hybridized carbons (Fsp3) is 0.562. The van der Waals surface area contributed by atoms with E-state index in [2.05, 4.69) is 42.3 Å². The molecule has 0 fully saturated rings. The quantitative estimate of drug-likeness (QED) is 0.915. The number of hydrogen-bond donors (Lipinski definition) is 1. The maximum absolute atomic E-state index is 11.9. The Balaban J connectivity index is 2.25. The van der Waals surface area contributed by atoms with Crippen molar-refractivity contribution in [2.45, 2.75) is 25.8 Å². The number of nitrogens with zero attached hydrogens (tertiary/aromatic N) is 2. The monoisotopic (exact) mass is 275 g/mol. The van der Waals surface area contributed by atoms with E-state index < -0.39 is 0 Å². The van der Waals surface area contributed by atoms with Gasteiger partial charge in [0.2, 0.25) is 5.91 Å². The molecule has 0 atom stereocenters. The van der Waals surface area contributed by atoms with Gasteiger partial charge in [-0.3, -0.25) is 9.69 Å². The summed E-state index contributed by atoms with van der Waals surface area (Å²) >= 11 is 0. The molecular formula is C16H25N3O. The van der Waals surface area contributed by atoms with Crippen LogP contribution in [0, 0.1) is 0 Å². The van der Waals surface area contributed by atoms with Gasteiger partial charge in [0.1, 0.15) is 0 Å². The third-order valence-corrected chi connectivity index (χ3v) is 3.99. The average Bonchev–Trinajstić information content (AvgIpc) is 2.36. The first-order valence-corrected chi connectivity index (χ1v) is 7.07. The number of nitrogens with one attached hydrogen (secondary N) is 1. The fourth-order valence-electron chi connectivity index (χ4n) is 2.93. The highest BCUT2D eigenvalue weighted by Crippen LogP contribution is 2.34. The predicted octanol–water partition coefficient (Wildman–Crippen LogP) is 1.91. The molecule has 0 radical (unpaired) electrons. The molecule has 0 aliphatic carbocycles. The Bertz CT molecular complexity index is 508. The molecule has 1 amide bonds. The fourth-order valence-corrected chi connectivity index (χ4v) is 2.93. The molecule has 0 spiro atoms. The van der Waals surface area contributed by atoms with Crippen molar-refractivity contribution in [1.29, 1.82) is 0 Å². The summed E-state index contributed by atoms with van der Waals surface area (Å²) < 4.78 is 0. The van der Waals surface area contributed by atoms with Crippen molar-refractivity contribution in [3.05, 3.63) is 29.3 Å². The lowest BCUT2D eigenvalue weighted by atomic mass is 9.78. The Kier molecular flexibility index (Phi) is 4.04. The number of likely N-dealkylation sites (N-methyl/N-ethyl adjacent to an activating group) is 1. The smallest absolute Gasteiger partial charge is 0.236 e. The van der Waals surface area contributed by atoms with Crippen molar-refractivity contribution in [3.63, 3.8) is 0 Å². The molecule has 1 aromatic carbocycles. The van der Waals surface area contributed by atoms with E-state index in [0.29, 0.717) is 6.54 Å². The summed E-state index contributed by atoms with van der Waals surface area (Å²) in [4.78, 5) is 15.8. The van der Waals surface area contributed by atoms with Gasteiger partial charge < -0.3 is 10.2 Å². The van der Waals surface area contributed by atoms with Crippen molar-refractivity contribution in [3.8, 4) is 0 Å². The minimum atomic E-state index is 0.0758. The Hall–Kier alpha value is -1.55. The van der Waals surface area contributed by atoms with E-state index in [1.165, 1.54) is 11.1 Å². The second-order valence-corrected chi connectivity index (χ2v) is 6.44. The number of anilines is 1. The Morgan fingerprint density at radius 3 is 2.70 bits per heavy atom. The second-order valence-electron chi connectivity index (χ2n) is 6.44. The third-order valence-electron chi connectivity index (χ3n) is 3.99. The summed E-state index contributed by atoms with van der Waals surface area (Å²) in [6, 6.07) is 6.54. The third kappa shape index (κ3) is 2.96. The zero-order valence-electron chi connectivity index (χ0n) is 13.2. The van der Waals surface area contributed by atoms with E-state index in [4.69, 9.17) is 0 Å². The van der Waals surface area contributed by atoms with Crippen molar-refractivity contribution >= 4 is 11.6 Å². The van der Waals surface area contributed by atoms with Gasteiger partial charge in [-0.25, -0.2) is 0 Å².